The molecule has 0 aromatic carbocycles. The summed E-state index contributed by atoms with van der Waals surface area (Å²) in [4.78, 5) is 20.9. The number of anilines is 1. The van der Waals surface area contributed by atoms with Gasteiger partial charge < -0.3 is 15.2 Å². The Kier molecular flexibility index (Phi) is 4.96. The van der Waals surface area contributed by atoms with Crippen LogP contribution in [0.25, 0.3) is 0 Å². The topological polar surface area (TPSA) is 61.0 Å². The third kappa shape index (κ3) is 4.35. The van der Waals surface area contributed by atoms with E-state index in [0.717, 1.165) is 31.1 Å². The second-order valence-electron chi connectivity index (χ2n) is 5.39. The number of aromatic nitrogens is 2. The van der Waals surface area contributed by atoms with E-state index in [1.54, 1.807) is 0 Å². The number of nitrogens with one attached hydrogen (secondary N) is 2. The number of hydrogen-bond acceptors (Lipinski definition) is 4. The molecular weight excluding hydrogens is 240 g/mol. The summed E-state index contributed by atoms with van der Waals surface area (Å²) < 4.78 is 0. The third-order valence-corrected chi connectivity index (χ3v) is 3.82. The zero-order valence-corrected chi connectivity index (χ0v) is 11.9. The summed E-state index contributed by atoms with van der Waals surface area (Å²) in [6.45, 7) is 5.29. The highest BCUT2D eigenvalue weighted by molar-refractivity contribution is 5.32. The fourth-order valence-corrected chi connectivity index (χ4v) is 2.52. The van der Waals surface area contributed by atoms with Crippen LogP contribution in [0.3, 0.4) is 0 Å². The van der Waals surface area contributed by atoms with Crippen molar-refractivity contribution in [3.8, 4) is 0 Å². The van der Waals surface area contributed by atoms with Crippen molar-refractivity contribution < 1.29 is 0 Å². The Morgan fingerprint density at radius 3 is 2.89 bits per heavy atom. The standard InChI is InChI=1S/C14H24N4O/c1-3-12-16-13(10-14(19)17-12)15-7-4-11-5-8-18(2)9-6-11/h10-11H,3-9H2,1-2H3,(H2,15,16,17,19). The van der Waals surface area contributed by atoms with Crippen LogP contribution in [0.4, 0.5) is 5.82 Å². The van der Waals surface area contributed by atoms with E-state index in [1.165, 1.54) is 32.0 Å². The Labute approximate surface area is 114 Å². The van der Waals surface area contributed by atoms with Crippen LogP contribution in [0.2, 0.25) is 0 Å². The molecule has 0 aliphatic carbocycles. The number of aryl methyl sites for hydroxylation is 1. The predicted octanol–water partition coefficient (Wildman–Crippen LogP) is 1.48. The zero-order valence-electron chi connectivity index (χ0n) is 11.9. The van der Waals surface area contributed by atoms with Gasteiger partial charge in [0.1, 0.15) is 11.6 Å². The molecule has 2 rings (SSSR count). The molecule has 1 aliphatic rings. The second kappa shape index (κ2) is 6.70. The summed E-state index contributed by atoms with van der Waals surface area (Å²) in [5, 5.41) is 3.27. The second-order valence-corrected chi connectivity index (χ2v) is 5.39. The van der Waals surface area contributed by atoms with Gasteiger partial charge in [-0.3, -0.25) is 4.79 Å². The van der Waals surface area contributed by atoms with Gasteiger partial charge in [-0.15, -0.1) is 0 Å². The molecule has 106 valence electrons. The van der Waals surface area contributed by atoms with E-state index in [4.69, 9.17) is 0 Å². The summed E-state index contributed by atoms with van der Waals surface area (Å²) in [7, 11) is 2.18. The van der Waals surface area contributed by atoms with Crippen molar-refractivity contribution in [1.29, 1.82) is 0 Å². The first-order valence-electron chi connectivity index (χ1n) is 7.20. The van der Waals surface area contributed by atoms with E-state index < -0.39 is 0 Å². The van der Waals surface area contributed by atoms with E-state index in [0.29, 0.717) is 5.82 Å². The number of likely N-dealkylation sites (tertiary alicyclic amines) is 1. The average Bonchev–Trinajstić information content (AvgIpc) is 2.40. The minimum Gasteiger partial charge on any atom is -0.370 e. The largest absolute Gasteiger partial charge is 0.370 e. The Hall–Kier alpha value is -1.36. The molecule has 2 heterocycles. The van der Waals surface area contributed by atoms with Gasteiger partial charge in [-0.05, 0) is 45.3 Å². The molecule has 1 aromatic rings. The fraction of sp³-hybridized carbons (Fsp3) is 0.714. The lowest BCUT2D eigenvalue weighted by Gasteiger charge is -2.28. The number of nitrogens with zero attached hydrogens (tertiary/aromatic N) is 2. The molecule has 2 N–H and O–H groups in total. The van der Waals surface area contributed by atoms with Crippen molar-refractivity contribution in [2.45, 2.75) is 32.6 Å². The van der Waals surface area contributed by atoms with Gasteiger partial charge >= 0.3 is 0 Å². The van der Waals surface area contributed by atoms with Crippen LogP contribution in [0.1, 0.15) is 32.0 Å². The van der Waals surface area contributed by atoms with Gasteiger partial charge in [0, 0.05) is 19.0 Å². The highest BCUT2D eigenvalue weighted by atomic mass is 16.1. The van der Waals surface area contributed by atoms with Crippen molar-refractivity contribution in [3.63, 3.8) is 0 Å². The minimum atomic E-state index is -0.0753. The Morgan fingerprint density at radius 1 is 1.47 bits per heavy atom. The summed E-state index contributed by atoms with van der Waals surface area (Å²) in [6, 6.07) is 1.54. The first-order valence-corrected chi connectivity index (χ1v) is 7.20. The first-order chi connectivity index (χ1) is 9.17. The highest BCUT2D eigenvalue weighted by Crippen LogP contribution is 2.19. The summed E-state index contributed by atoms with van der Waals surface area (Å²) in [6.07, 6.45) is 4.46. The van der Waals surface area contributed by atoms with Crippen LogP contribution in [0, 0.1) is 5.92 Å². The number of piperidine rings is 1. The molecule has 1 saturated heterocycles. The van der Waals surface area contributed by atoms with E-state index in [9.17, 15) is 4.79 Å². The van der Waals surface area contributed by atoms with Gasteiger partial charge in [0.2, 0.25) is 0 Å². The number of rotatable bonds is 5. The van der Waals surface area contributed by atoms with Gasteiger partial charge in [0.15, 0.2) is 0 Å². The van der Waals surface area contributed by atoms with Crippen LogP contribution < -0.4 is 10.9 Å². The first kappa shape index (κ1) is 14.1. The smallest absolute Gasteiger partial charge is 0.252 e. The zero-order chi connectivity index (χ0) is 13.7. The lowest BCUT2D eigenvalue weighted by atomic mass is 9.94. The number of aromatic amines is 1. The molecule has 0 unspecified atom stereocenters. The van der Waals surface area contributed by atoms with Gasteiger partial charge in [0.05, 0.1) is 0 Å². The Morgan fingerprint density at radius 2 is 2.21 bits per heavy atom. The van der Waals surface area contributed by atoms with Crippen LogP contribution in [0.5, 0.6) is 0 Å². The van der Waals surface area contributed by atoms with E-state index in [2.05, 4.69) is 27.2 Å². The Balaban J connectivity index is 1.79. The molecule has 1 fully saturated rings. The van der Waals surface area contributed by atoms with Crippen LogP contribution >= 0.6 is 0 Å². The quantitative estimate of drug-likeness (QED) is 0.845. The van der Waals surface area contributed by atoms with Crippen LogP contribution in [-0.4, -0.2) is 41.5 Å². The molecule has 1 aromatic heterocycles. The van der Waals surface area contributed by atoms with Gasteiger partial charge in [-0.1, -0.05) is 6.92 Å². The molecule has 0 saturated carbocycles. The van der Waals surface area contributed by atoms with Crippen molar-refractivity contribution in [2.24, 2.45) is 5.92 Å². The SMILES string of the molecule is CCc1nc(NCCC2CCN(C)CC2)cc(=O)[nH]1. The van der Waals surface area contributed by atoms with E-state index in [1.807, 2.05) is 6.92 Å². The van der Waals surface area contributed by atoms with Crippen molar-refractivity contribution in [1.82, 2.24) is 14.9 Å². The summed E-state index contributed by atoms with van der Waals surface area (Å²) in [5.74, 6) is 2.25. The highest BCUT2D eigenvalue weighted by Gasteiger charge is 2.15. The average molecular weight is 264 g/mol. The lowest BCUT2D eigenvalue weighted by molar-refractivity contribution is 0.215. The van der Waals surface area contributed by atoms with Crippen molar-refractivity contribution in [3.05, 3.63) is 22.2 Å². The molecule has 0 radical (unpaired) electrons. The normalized spacial score (nSPS) is 17.6. The van der Waals surface area contributed by atoms with Crippen LogP contribution in [-0.2, 0) is 6.42 Å². The third-order valence-electron chi connectivity index (χ3n) is 3.82. The van der Waals surface area contributed by atoms with Crippen molar-refractivity contribution in [2.75, 3.05) is 32.0 Å². The molecule has 0 atom stereocenters. The fourth-order valence-electron chi connectivity index (χ4n) is 2.52. The predicted molar refractivity (Wildman–Crippen MR) is 77.6 cm³/mol. The Bertz CT molecular complexity index is 449. The molecule has 5 nitrogen and oxygen atoms in total. The van der Waals surface area contributed by atoms with Crippen LogP contribution in [0.15, 0.2) is 10.9 Å². The summed E-state index contributed by atoms with van der Waals surface area (Å²) in [5.41, 5.74) is -0.0753. The van der Waals surface area contributed by atoms with Gasteiger partial charge in [-0.2, -0.15) is 0 Å². The molecule has 1 aliphatic heterocycles. The van der Waals surface area contributed by atoms with E-state index in [-0.39, 0.29) is 5.56 Å². The minimum absolute atomic E-state index is 0.0753. The molecule has 0 bridgehead atoms. The molecule has 0 spiro atoms. The number of H-pyrrole nitrogens is 1. The molecule has 5 heteroatoms. The monoisotopic (exact) mass is 264 g/mol. The molecule has 0 amide bonds. The van der Waals surface area contributed by atoms with E-state index >= 15 is 0 Å². The van der Waals surface area contributed by atoms with Crippen molar-refractivity contribution >= 4 is 5.82 Å². The molecular formula is C14H24N4O. The lowest BCUT2D eigenvalue weighted by Crippen LogP contribution is -2.31. The maximum Gasteiger partial charge on any atom is 0.252 e. The molecule has 19 heavy (non-hydrogen) atoms. The van der Waals surface area contributed by atoms with Gasteiger partial charge in [-0.25, -0.2) is 4.98 Å². The maximum absolute atomic E-state index is 11.4. The van der Waals surface area contributed by atoms with Gasteiger partial charge in [0.25, 0.3) is 5.56 Å². The number of hydrogen-bond donors (Lipinski definition) is 2. The maximum atomic E-state index is 11.4. The summed E-state index contributed by atoms with van der Waals surface area (Å²) >= 11 is 0.